The Morgan fingerprint density at radius 2 is 1.58 bits per heavy atom. The molecular formula is C23H21N3. The molecule has 3 nitrogen and oxygen atoms in total. The van der Waals surface area contributed by atoms with Crippen LogP contribution >= 0.6 is 0 Å². The lowest BCUT2D eigenvalue weighted by Gasteiger charge is -2.39. The molecule has 2 aromatic heterocycles. The molecule has 0 unspecified atom stereocenters. The summed E-state index contributed by atoms with van der Waals surface area (Å²) < 4.78 is 2.33. The van der Waals surface area contributed by atoms with E-state index in [-0.39, 0.29) is 5.41 Å². The molecule has 2 aromatic carbocycles. The molecule has 128 valence electrons. The minimum absolute atomic E-state index is 0.0459. The normalized spacial score (nSPS) is 15.7. The zero-order valence-electron chi connectivity index (χ0n) is 14.9. The van der Waals surface area contributed by atoms with Gasteiger partial charge in [-0.05, 0) is 36.1 Å². The van der Waals surface area contributed by atoms with Gasteiger partial charge in [-0.25, -0.2) is 9.97 Å². The second-order valence-corrected chi connectivity index (χ2v) is 7.28. The first-order valence-corrected chi connectivity index (χ1v) is 9.19. The number of pyridine rings is 1. The fraction of sp³-hybridized carbons (Fsp3) is 0.217. The Balaban J connectivity index is 1.72. The molecule has 0 bridgehead atoms. The average Bonchev–Trinajstić information content (AvgIpc) is 3.05. The molecule has 5 rings (SSSR count). The van der Waals surface area contributed by atoms with Gasteiger partial charge in [-0.3, -0.25) is 0 Å². The van der Waals surface area contributed by atoms with E-state index >= 15 is 0 Å². The van der Waals surface area contributed by atoms with Gasteiger partial charge in [-0.2, -0.15) is 0 Å². The maximum absolute atomic E-state index is 4.87. The molecule has 0 saturated carbocycles. The van der Waals surface area contributed by atoms with Gasteiger partial charge in [0.25, 0.3) is 0 Å². The van der Waals surface area contributed by atoms with Crippen LogP contribution in [0.15, 0.2) is 72.9 Å². The quantitative estimate of drug-likeness (QED) is 0.531. The van der Waals surface area contributed by atoms with E-state index in [9.17, 15) is 0 Å². The molecule has 1 aliphatic rings. The van der Waals surface area contributed by atoms with Crippen LogP contribution in [-0.4, -0.2) is 14.5 Å². The van der Waals surface area contributed by atoms with Crippen molar-refractivity contribution >= 4 is 11.2 Å². The topological polar surface area (TPSA) is 30.7 Å². The molecule has 0 aliphatic carbocycles. The lowest BCUT2D eigenvalue weighted by molar-refractivity contribution is 0.357. The van der Waals surface area contributed by atoms with Crippen molar-refractivity contribution in [1.82, 2.24) is 14.5 Å². The largest absolute Gasteiger partial charge is 0.311 e. The van der Waals surface area contributed by atoms with Crippen LogP contribution in [0.2, 0.25) is 0 Å². The zero-order chi connectivity index (χ0) is 17.6. The van der Waals surface area contributed by atoms with Gasteiger partial charge < -0.3 is 4.57 Å². The Morgan fingerprint density at radius 1 is 0.923 bits per heavy atom. The number of benzene rings is 2. The first-order valence-electron chi connectivity index (χ1n) is 9.19. The molecule has 0 saturated heterocycles. The van der Waals surface area contributed by atoms with Crippen molar-refractivity contribution in [2.45, 2.75) is 31.7 Å². The van der Waals surface area contributed by atoms with Crippen LogP contribution in [0, 0.1) is 6.92 Å². The number of aromatic nitrogens is 3. The second-order valence-electron chi connectivity index (χ2n) is 7.28. The highest BCUT2D eigenvalue weighted by molar-refractivity contribution is 5.72. The molecule has 0 radical (unpaired) electrons. The first-order chi connectivity index (χ1) is 12.8. The van der Waals surface area contributed by atoms with Crippen molar-refractivity contribution in [3.63, 3.8) is 0 Å². The molecule has 1 aliphatic heterocycles. The molecule has 26 heavy (non-hydrogen) atoms. The van der Waals surface area contributed by atoms with Crippen LogP contribution in [0.5, 0.6) is 0 Å². The molecule has 4 aromatic rings. The van der Waals surface area contributed by atoms with Gasteiger partial charge in [0.2, 0.25) is 0 Å². The van der Waals surface area contributed by atoms with E-state index in [1.165, 1.54) is 11.1 Å². The maximum atomic E-state index is 4.87. The van der Waals surface area contributed by atoms with E-state index in [2.05, 4.69) is 78.2 Å². The summed E-state index contributed by atoms with van der Waals surface area (Å²) in [6, 6.07) is 23.9. The van der Waals surface area contributed by atoms with Crippen molar-refractivity contribution in [3.8, 4) is 0 Å². The summed E-state index contributed by atoms with van der Waals surface area (Å²) in [7, 11) is 0. The number of fused-ring (bicyclic) bond motifs is 3. The summed E-state index contributed by atoms with van der Waals surface area (Å²) in [6.45, 7) is 2.95. The minimum atomic E-state index is -0.0459. The predicted molar refractivity (Wildman–Crippen MR) is 104 cm³/mol. The molecule has 3 heteroatoms. The van der Waals surface area contributed by atoms with Crippen LogP contribution in [0.25, 0.3) is 11.2 Å². The lowest BCUT2D eigenvalue weighted by atomic mass is 9.70. The number of nitrogens with zero attached hydrogens (tertiary/aromatic N) is 3. The Morgan fingerprint density at radius 3 is 2.23 bits per heavy atom. The van der Waals surface area contributed by atoms with Crippen molar-refractivity contribution in [1.29, 1.82) is 0 Å². The van der Waals surface area contributed by atoms with E-state index in [0.717, 1.165) is 41.9 Å². The fourth-order valence-electron chi connectivity index (χ4n) is 4.34. The van der Waals surface area contributed by atoms with Gasteiger partial charge in [0.1, 0.15) is 11.3 Å². The Bertz CT molecular complexity index is 1030. The Labute approximate surface area is 153 Å². The van der Waals surface area contributed by atoms with Gasteiger partial charge in [0.15, 0.2) is 5.65 Å². The number of rotatable bonds is 2. The predicted octanol–water partition coefficient (Wildman–Crippen LogP) is 4.67. The fourth-order valence-corrected chi connectivity index (χ4v) is 4.34. The van der Waals surface area contributed by atoms with Gasteiger partial charge in [0, 0.05) is 24.6 Å². The number of imidazole rings is 1. The van der Waals surface area contributed by atoms with Crippen molar-refractivity contribution in [3.05, 3.63) is 95.4 Å². The number of hydrogen-bond donors (Lipinski definition) is 0. The lowest BCUT2D eigenvalue weighted by Crippen LogP contribution is -2.38. The minimum Gasteiger partial charge on any atom is -0.311 e. The van der Waals surface area contributed by atoms with Crippen LogP contribution < -0.4 is 0 Å². The van der Waals surface area contributed by atoms with Crippen LogP contribution in [0.1, 0.15) is 28.9 Å². The Hall–Kier alpha value is -2.94. The zero-order valence-corrected chi connectivity index (χ0v) is 14.9. The highest BCUT2D eigenvalue weighted by Gasteiger charge is 2.39. The van der Waals surface area contributed by atoms with E-state index in [1.807, 2.05) is 6.20 Å². The van der Waals surface area contributed by atoms with Gasteiger partial charge in [0.05, 0.1) is 0 Å². The summed E-state index contributed by atoms with van der Waals surface area (Å²) in [5, 5.41) is 0. The number of aryl methyl sites for hydroxylation is 2. The summed E-state index contributed by atoms with van der Waals surface area (Å²) >= 11 is 0. The van der Waals surface area contributed by atoms with E-state index < -0.39 is 0 Å². The number of hydrogen-bond acceptors (Lipinski definition) is 2. The van der Waals surface area contributed by atoms with Crippen molar-refractivity contribution in [2.24, 2.45) is 0 Å². The average molecular weight is 339 g/mol. The maximum Gasteiger partial charge on any atom is 0.160 e. The molecular weight excluding hydrogens is 318 g/mol. The molecule has 0 spiro atoms. The summed E-state index contributed by atoms with van der Waals surface area (Å²) in [5.74, 6) is 1.15. The van der Waals surface area contributed by atoms with Gasteiger partial charge >= 0.3 is 0 Å². The third kappa shape index (κ3) is 2.27. The third-order valence-electron chi connectivity index (χ3n) is 5.66. The molecule has 0 fully saturated rings. The third-order valence-corrected chi connectivity index (χ3v) is 5.66. The standard InChI is InChI=1S/C23H21N3/c1-17-14-20-22(24-15-17)26-16-23(13-12-21(26)25-20,18-8-4-2-5-9-18)19-10-6-3-7-11-19/h2-11,14-15H,12-13,16H2,1H3. The molecule has 3 heterocycles. The highest BCUT2D eigenvalue weighted by Crippen LogP contribution is 2.42. The van der Waals surface area contributed by atoms with E-state index in [0.29, 0.717) is 0 Å². The summed E-state index contributed by atoms with van der Waals surface area (Å²) in [5.41, 5.74) is 5.86. The molecule has 0 atom stereocenters. The van der Waals surface area contributed by atoms with Crippen LogP contribution in [-0.2, 0) is 18.4 Å². The van der Waals surface area contributed by atoms with Crippen LogP contribution in [0.4, 0.5) is 0 Å². The highest BCUT2D eigenvalue weighted by atomic mass is 15.1. The smallest absolute Gasteiger partial charge is 0.160 e. The van der Waals surface area contributed by atoms with Crippen molar-refractivity contribution < 1.29 is 0 Å². The van der Waals surface area contributed by atoms with Crippen molar-refractivity contribution in [2.75, 3.05) is 0 Å². The van der Waals surface area contributed by atoms with E-state index in [1.54, 1.807) is 0 Å². The first kappa shape index (κ1) is 15.3. The molecule has 0 N–H and O–H groups in total. The summed E-state index contributed by atoms with van der Waals surface area (Å²) in [6.07, 6.45) is 3.96. The second kappa shape index (κ2) is 5.80. The van der Waals surface area contributed by atoms with Crippen LogP contribution in [0.3, 0.4) is 0 Å². The summed E-state index contributed by atoms with van der Waals surface area (Å²) in [4.78, 5) is 9.57. The molecule has 0 amide bonds. The SMILES string of the molecule is Cc1cnc2c(c1)nc1n2CC(c2ccccc2)(c2ccccc2)CC1. The van der Waals surface area contributed by atoms with Gasteiger partial charge in [-0.15, -0.1) is 0 Å². The van der Waals surface area contributed by atoms with E-state index in [4.69, 9.17) is 9.97 Å². The Kier molecular flexibility index (Phi) is 3.42. The van der Waals surface area contributed by atoms with Gasteiger partial charge in [-0.1, -0.05) is 60.7 Å². The monoisotopic (exact) mass is 339 g/mol.